The molecule has 0 N–H and O–H groups in total. The summed E-state index contributed by atoms with van der Waals surface area (Å²) in [7, 11) is 1.63. The van der Waals surface area contributed by atoms with Crippen LogP contribution in [-0.2, 0) is 17.9 Å². The first kappa shape index (κ1) is 15.3. The lowest BCUT2D eigenvalue weighted by molar-refractivity contribution is 0.107. The molecular formula is C17H21NO3. The number of methoxy groups -OCH3 is 1. The normalized spacial score (nSPS) is 12.1. The minimum atomic E-state index is -0.204. The SMILES string of the molecule is CCn1ccc(=O)c(OCc2ccccc2)c1C(C)OC. The van der Waals surface area contributed by atoms with Crippen molar-refractivity contribution in [1.29, 1.82) is 0 Å². The lowest BCUT2D eigenvalue weighted by Gasteiger charge is -2.20. The zero-order valence-corrected chi connectivity index (χ0v) is 12.7. The van der Waals surface area contributed by atoms with E-state index >= 15 is 0 Å². The first-order chi connectivity index (χ1) is 10.2. The Morgan fingerprint density at radius 3 is 2.52 bits per heavy atom. The highest BCUT2D eigenvalue weighted by molar-refractivity contribution is 5.30. The van der Waals surface area contributed by atoms with Gasteiger partial charge in [0.25, 0.3) is 0 Å². The summed E-state index contributed by atoms with van der Waals surface area (Å²) in [5, 5.41) is 0. The van der Waals surface area contributed by atoms with Gasteiger partial charge in [-0.25, -0.2) is 0 Å². The Morgan fingerprint density at radius 1 is 1.19 bits per heavy atom. The molecule has 0 saturated heterocycles. The second-order valence-electron chi connectivity index (χ2n) is 4.83. The predicted octanol–water partition coefficient (Wildman–Crippen LogP) is 3.15. The van der Waals surface area contributed by atoms with E-state index in [-0.39, 0.29) is 11.5 Å². The van der Waals surface area contributed by atoms with Gasteiger partial charge in [-0.3, -0.25) is 4.79 Å². The van der Waals surface area contributed by atoms with Crippen LogP contribution in [0, 0.1) is 0 Å². The summed E-state index contributed by atoms with van der Waals surface area (Å²) < 4.78 is 13.2. The van der Waals surface area contributed by atoms with Crippen LogP contribution in [0.15, 0.2) is 47.4 Å². The smallest absolute Gasteiger partial charge is 0.223 e. The molecule has 1 aromatic carbocycles. The van der Waals surface area contributed by atoms with E-state index in [0.29, 0.717) is 12.4 Å². The van der Waals surface area contributed by atoms with Crippen molar-refractivity contribution < 1.29 is 9.47 Å². The Balaban J connectivity index is 2.35. The maximum Gasteiger partial charge on any atom is 0.223 e. The van der Waals surface area contributed by atoms with Crippen LogP contribution >= 0.6 is 0 Å². The molecule has 1 heterocycles. The number of aryl methyl sites for hydroxylation is 1. The van der Waals surface area contributed by atoms with E-state index in [9.17, 15) is 4.79 Å². The monoisotopic (exact) mass is 287 g/mol. The summed E-state index contributed by atoms with van der Waals surface area (Å²) in [6.07, 6.45) is 1.58. The van der Waals surface area contributed by atoms with Crippen molar-refractivity contribution in [2.24, 2.45) is 0 Å². The van der Waals surface area contributed by atoms with Crippen molar-refractivity contribution in [2.75, 3.05) is 7.11 Å². The highest BCUT2D eigenvalue weighted by Gasteiger charge is 2.18. The fourth-order valence-electron chi connectivity index (χ4n) is 2.25. The van der Waals surface area contributed by atoms with Crippen molar-refractivity contribution in [1.82, 2.24) is 4.57 Å². The average molecular weight is 287 g/mol. The zero-order chi connectivity index (χ0) is 15.2. The molecule has 21 heavy (non-hydrogen) atoms. The van der Waals surface area contributed by atoms with Crippen molar-refractivity contribution in [3.8, 4) is 5.75 Å². The lowest BCUT2D eigenvalue weighted by atomic mass is 10.2. The molecule has 2 rings (SSSR count). The molecular weight excluding hydrogens is 266 g/mol. The van der Waals surface area contributed by atoms with Gasteiger partial charge in [-0.05, 0) is 19.4 Å². The maximum absolute atomic E-state index is 12.2. The van der Waals surface area contributed by atoms with Crippen LogP contribution in [0.3, 0.4) is 0 Å². The largest absolute Gasteiger partial charge is 0.483 e. The Morgan fingerprint density at radius 2 is 1.90 bits per heavy atom. The van der Waals surface area contributed by atoms with E-state index in [1.54, 1.807) is 13.3 Å². The molecule has 0 bridgehead atoms. The summed E-state index contributed by atoms with van der Waals surface area (Å²) in [5.41, 5.74) is 1.69. The van der Waals surface area contributed by atoms with Crippen LogP contribution in [-0.4, -0.2) is 11.7 Å². The van der Waals surface area contributed by atoms with Gasteiger partial charge in [0, 0.05) is 25.9 Å². The Hall–Kier alpha value is -2.07. The van der Waals surface area contributed by atoms with Crippen molar-refractivity contribution in [3.63, 3.8) is 0 Å². The first-order valence-electron chi connectivity index (χ1n) is 7.10. The maximum atomic E-state index is 12.2. The molecule has 0 saturated carbocycles. The van der Waals surface area contributed by atoms with Gasteiger partial charge in [-0.2, -0.15) is 0 Å². The highest BCUT2D eigenvalue weighted by Crippen LogP contribution is 2.24. The fraction of sp³-hybridized carbons (Fsp3) is 0.353. The molecule has 0 aliphatic heterocycles. The molecule has 0 spiro atoms. The predicted molar refractivity (Wildman–Crippen MR) is 82.6 cm³/mol. The van der Waals surface area contributed by atoms with E-state index in [0.717, 1.165) is 17.8 Å². The number of benzene rings is 1. The van der Waals surface area contributed by atoms with Gasteiger partial charge in [-0.1, -0.05) is 30.3 Å². The van der Waals surface area contributed by atoms with E-state index in [4.69, 9.17) is 9.47 Å². The summed E-state index contributed by atoms with van der Waals surface area (Å²) in [5.74, 6) is 0.373. The number of hydrogen-bond donors (Lipinski definition) is 0. The first-order valence-corrected chi connectivity index (χ1v) is 7.10. The summed E-state index contributed by atoms with van der Waals surface area (Å²) in [6.45, 7) is 5.06. The molecule has 1 atom stereocenters. The number of aromatic nitrogens is 1. The van der Waals surface area contributed by atoms with Crippen molar-refractivity contribution in [3.05, 3.63) is 64.1 Å². The molecule has 0 aliphatic carbocycles. The molecule has 0 radical (unpaired) electrons. The van der Waals surface area contributed by atoms with Gasteiger partial charge in [0.2, 0.25) is 5.43 Å². The average Bonchev–Trinajstić information content (AvgIpc) is 2.53. The van der Waals surface area contributed by atoms with Crippen LogP contribution in [0.5, 0.6) is 5.75 Å². The Kier molecular flexibility index (Phi) is 5.17. The number of rotatable bonds is 6. The van der Waals surface area contributed by atoms with Crippen molar-refractivity contribution >= 4 is 0 Å². The minimum Gasteiger partial charge on any atom is -0.483 e. The van der Waals surface area contributed by atoms with Crippen LogP contribution in [0.4, 0.5) is 0 Å². The van der Waals surface area contributed by atoms with Gasteiger partial charge in [0.15, 0.2) is 5.75 Å². The van der Waals surface area contributed by atoms with Gasteiger partial charge >= 0.3 is 0 Å². The molecule has 0 aliphatic rings. The van der Waals surface area contributed by atoms with Gasteiger partial charge in [0.1, 0.15) is 6.61 Å². The molecule has 0 fully saturated rings. The quantitative estimate of drug-likeness (QED) is 0.819. The number of ether oxygens (including phenoxy) is 2. The fourth-order valence-corrected chi connectivity index (χ4v) is 2.25. The van der Waals surface area contributed by atoms with E-state index < -0.39 is 0 Å². The van der Waals surface area contributed by atoms with Crippen LogP contribution < -0.4 is 10.2 Å². The lowest BCUT2D eigenvalue weighted by Crippen LogP contribution is -2.19. The Bertz CT molecular complexity index is 634. The number of pyridine rings is 1. The topological polar surface area (TPSA) is 40.5 Å². The number of hydrogen-bond acceptors (Lipinski definition) is 3. The summed E-state index contributed by atoms with van der Waals surface area (Å²) >= 11 is 0. The van der Waals surface area contributed by atoms with Gasteiger partial charge in [-0.15, -0.1) is 0 Å². The summed E-state index contributed by atoms with van der Waals surface area (Å²) in [6, 6.07) is 11.3. The Labute approximate surface area is 124 Å². The van der Waals surface area contributed by atoms with E-state index in [1.165, 1.54) is 6.07 Å². The third-order valence-corrected chi connectivity index (χ3v) is 3.48. The molecule has 112 valence electrons. The molecule has 1 aromatic heterocycles. The zero-order valence-electron chi connectivity index (χ0n) is 12.7. The second kappa shape index (κ2) is 7.09. The van der Waals surface area contributed by atoms with Gasteiger partial charge < -0.3 is 14.0 Å². The molecule has 4 heteroatoms. The molecule has 0 amide bonds. The standard InChI is InChI=1S/C17H21NO3/c1-4-18-11-10-15(19)17(16(18)13(2)20-3)21-12-14-8-6-5-7-9-14/h5-11,13H,4,12H2,1-3H3. The minimum absolute atomic E-state index is 0.116. The third-order valence-electron chi connectivity index (χ3n) is 3.48. The number of nitrogens with zero attached hydrogens (tertiary/aromatic N) is 1. The molecule has 2 aromatic rings. The highest BCUT2D eigenvalue weighted by atomic mass is 16.5. The summed E-state index contributed by atoms with van der Waals surface area (Å²) in [4.78, 5) is 12.2. The molecule has 1 unspecified atom stereocenters. The van der Waals surface area contributed by atoms with Crippen LogP contribution in [0.25, 0.3) is 0 Å². The van der Waals surface area contributed by atoms with Crippen LogP contribution in [0.1, 0.15) is 31.2 Å². The van der Waals surface area contributed by atoms with Crippen molar-refractivity contribution in [2.45, 2.75) is 33.1 Å². The van der Waals surface area contributed by atoms with Gasteiger partial charge in [0.05, 0.1) is 11.8 Å². The third kappa shape index (κ3) is 3.52. The second-order valence-corrected chi connectivity index (χ2v) is 4.83. The van der Waals surface area contributed by atoms with Crippen LogP contribution in [0.2, 0.25) is 0 Å². The van der Waals surface area contributed by atoms with E-state index in [1.807, 2.05) is 48.7 Å². The van der Waals surface area contributed by atoms with E-state index in [2.05, 4.69) is 0 Å². The molecule has 4 nitrogen and oxygen atoms in total.